The van der Waals surface area contributed by atoms with E-state index in [1.54, 1.807) is 0 Å². The van der Waals surface area contributed by atoms with Crippen LogP contribution in [0.4, 0.5) is 0 Å². The summed E-state index contributed by atoms with van der Waals surface area (Å²) < 4.78 is 4.72. The molecule has 1 rings (SSSR count). The molecule has 0 aromatic heterocycles. The van der Waals surface area contributed by atoms with Crippen molar-refractivity contribution in [3.05, 3.63) is 0 Å². The van der Waals surface area contributed by atoms with Crippen molar-refractivity contribution in [2.75, 3.05) is 20.3 Å². The fourth-order valence-electron chi connectivity index (χ4n) is 0.886. The Balaban J connectivity index is 2.47. The monoisotopic (exact) mass is 158 g/mol. The number of hydrogen-bond donors (Lipinski definition) is 2. The molecule has 11 heavy (non-hydrogen) atoms. The maximum atomic E-state index is 10.9. The molecule has 0 spiro atoms. The van der Waals surface area contributed by atoms with E-state index in [-0.39, 0.29) is 25.0 Å². The van der Waals surface area contributed by atoms with Gasteiger partial charge in [-0.25, -0.2) is 0 Å². The molecule has 2 amide bonds. The molecule has 0 aromatic carbocycles. The van der Waals surface area contributed by atoms with Crippen molar-refractivity contribution in [1.29, 1.82) is 0 Å². The molecule has 1 aliphatic heterocycles. The Morgan fingerprint density at radius 2 is 2.36 bits per heavy atom. The van der Waals surface area contributed by atoms with Gasteiger partial charge in [-0.2, -0.15) is 0 Å². The molecule has 1 atom stereocenters. The standard InChI is InChI=1S/C6H10N2O3/c1-11-3-4-6(10)7-2-5(9)8-4/h4H,2-3H2,1H3,(H,7,10)(H,8,9). The third-order valence-electron chi connectivity index (χ3n) is 1.41. The van der Waals surface area contributed by atoms with Crippen molar-refractivity contribution in [3.8, 4) is 0 Å². The number of ether oxygens (including phenoxy) is 1. The second-order valence-electron chi connectivity index (χ2n) is 2.29. The van der Waals surface area contributed by atoms with Crippen LogP contribution in [0, 0.1) is 0 Å². The first kappa shape index (κ1) is 8.00. The maximum absolute atomic E-state index is 10.9. The SMILES string of the molecule is COCC1NC(=O)CNC1=O. The number of nitrogens with one attached hydrogen (secondary N) is 2. The minimum Gasteiger partial charge on any atom is -0.382 e. The van der Waals surface area contributed by atoms with Crippen molar-refractivity contribution in [2.45, 2.75) is 6.04 Å². The molecule has 1 aliphatic rings. The molecular weight excluding hydrogens is 148 g/mol. The van der Waals surface area contributed by atoms with Crippen molar-refractivity contribution in [3.63, 3.8) is 0 Å². The molecule has 5 heteroatoms. The molecule has 1 saturated heterocycles. The van der Waals surface area contributed by atoms with Gasteiger partial charge in [-0.3, -0.25) is 9.59 Å². The number of amides is 2. The molecule has 62 valence electrons. The van der Waals surface area contributed by atoms with Crippen molar-refractivity contribution in [1.82, 2.24) is 10.6 Å². The molecule has 1 heterocycles. The molecular formula is C6H10N2O3. The summed E-state index contributed by atoms with van der Waals surface area (Å²) in [4.78, 5) is 21.6. The molecule has 0 aromatic rings. The third-order valence-corrected chi connectivity index (χ3v) is 1.41. The highest BCUT2D eigenvalue weighted by Gasteiger charge is 2.25. The predicted octanol–water partition coefficient (Wildman–Crippen LogP) is -1.75. The molecule has 0 saturated carbocycles. The summed E-state index contributed by atoms with van der Waals surface area (Å²) >= 11 is 0. The van der Waals surface area contributed by atoms with E-state index in [2.05, 4.69) is 10.6 Å². The largest absolute Gasteiger partial charge is 0.382 e. The lowest BCUT2D eigenvalue weighted by Crippen LogP contribution is -2.57. The summed E-state index contributed by atoms with van der Waals surface area (Å²) in [5, 5.41) is 4.93. The Morgan fingerprint density at radius 3 is 3.00 bits per heavy atom. The zero-order valence-corrected chi connectivity index (χ0v) is 6.22. The normalized spacial score (nSPS) is 24.3. The first-order valence-electron chi connectivity index (χ1n) is 3.30. The first-order valence-corrected chi connectivity index (χ1v) is 3.30. The van der Waals surface area contributed by atoms with Gasteiger partial charge in [0.2, 0.25) is 11.8 Å². The lowest BCUT2D eigenvalue weighted by molar-refractivity contribution is -0.134. The molecule has 5 nitrogen and oxygen atoms in total. The second kappa shape index (κ2) is 3.34. The van der Waals surface area contributed by atoms with E-state index in [0.717, 1.165) is 0 Å². The van der Waals surface area contributed by atoms with Crippen molar-refractivity contribution < 1.29 is 14.3 Å². The molecule has 0 bridgehead atoms. The van der Waals surface area contributed by atoms with Crippen LogP contribution in [0.3, 0.4) is 0 Å². The minimum atomic E-state index is -0.527. The first-order chi connectivity index (χ1) is 5.24. The lowest BCUT2D eigenvalue weighted by atomic mass is 10.2. The summed E-state index contributed by atoms with van der Waals surface area (Å²) in [7, 11) is 1.48. The highest BCUT2D eigenvalue weighted by atomic mass is 16.5. The van der Waals surface area contributed by atoms with Gasteiger partial charge in [-0.1, -0.05) is 0 Å². The summed E-state index contributed by atoms with van der Waals surface area (Å²) in [5.74, 6) is -0.363. The zero-order chi connectivity index (χ0) is 8.27. The smallest absolute Gasteiger partial charge is 0.245 e. The summed E-state index contributed by atoms with van der Waals surface area (Å²) in [6.07, 6.45) is 0. The van der Waals surface area contributed by atoms with E-state index in [1.165, 1.54) is 7.11 Å². The Bertz CT molecular complexity index is 181. The van der Waals surface area contributed by atoms with E-state index in [0.29, 0.717) is 0 Å². The number of rotatable bonds is 2. The third kappa shape index (κ3) is 1.91. The maximum Gasteiger partial charge on any atom is 0.245 e. The van der Waals surface area contributed by atoms with E-state index < -0.39 is 6.04 Å². The van der Waals surface area contributed by atoms with Crippen LogP contribution in [0.15, 0.2) is 0 Å². The lowest BCUT2D eigenvalue weighted by Gasteiger charge is -2.21. The van der Waals surface area contributed by atoms with E-state index in [9.17, 15) is 9.59 Å². The number of carbonyl (C=O) groups is 2. The Hall–Kier alpha value is -1.10. The van der Waals surface area contributed by atoms with Gasteiger partial charge in [0.15, 0.2) is 0 Å². The van der Waals surface area contributed by atoms with Crippen LogP contribution < -0.4 is 10.6 Å². The van der Waals surface area contributed by atoms with Gasteiger partial charge in [0.05, 0.1) is 13.2 Å². The van der Waals surface area contributed by atoms with Crippen LogP contribution in [-0.2, 0) is 14.3 Å². The average Bonchev–Trinajstić information content (AvgIpc) is 1.98. The predicted molar refractivity (Wildman–Crippen MR) is 36.8 cm³/mol. The van der Waals surface area contributed by atoms with Gasteiger partial charge in [0.25, 0.3) is 0 Å². The van der Waals surface area contributed by atoms with Crippen LogP contribution in [0.25, 0.3) is 0 Å². The Kier molecular flexibility index (Phi) is 2.43. The van der Waals surface area contributed by atoms with Gasteiger partial charge in [0.1, 0.15) is 6.04 Å². The van der Waals surface area contributed by atoms with Crippen LogP contribution in [0.1, 0.15) is 0 Å². The average molecular weight is 158 g/mol. The molecule has 1 unspecified atom stereocenters. The van der Waals surface area contributed by atoms with E-state index >= 15 is 0 Å². The number of hydrogen-bond acceptors (Lipinski definition) is 3. The highest BCUT2D eigenvalue weighted by molar-refractivity contribution is 5.94. The number of piperazine rings is 1. The van der Waals surface area contributed by atoms with Crippen LogP contribution in [0.5, 0.6) is 0 Å². The minimum absolute atomic E-state index is 0.0685. The molecule has 1 fully saturated rings. The quantitative estimate of drug-likeness (QED) is 0.500. The molecule has 2 N–H and O–H groups in total. The Morgan fingerprint density at radius 1 is 1.64 bits per heavy atom. The van der Waals surface area contributed by atoms with Gasteiger partial charge in [0, 0.05) is 7.11 Å². The fraction of sp³-hybridized carbons (Fsp3) is 0.667. The van der Waals surface area contributed by atoms with Gasteiger partial charge in [-0.15, -0.1) is 0 Å². The molecule has 0 aliphatic carbocycles. The second-order valence-corrected chi connectivity index (χ2v) is 2.29. The summed E-state index contributed by atoms with van der Waals surface area (Å²) in [6, 6.07) is -0.527. The zero-order valence-electron chi connectivity index (χ0n) is 6.22. The van der Waals surface area contributed by atoms with Crippen LogP contribution in [-0.4, -0.2) is 38.1 Å². The van der Waals surface area contributed by atoms with E-state index in [4.69, 9.17) is 4.74 Å². The topological polar surface area (TPSA) is 67.4 Å². The highest BCUT2D eigenvalue weighted by Crippen LogP contribution is 1.90. The van der Waals surface area contributed by atoms with Gasteiger partial charge >= 0.3 is 0 Å². The Labute approximate surface area is 64.1 Å². The van der Waals surface area contributed by atoms with Gasteiger partial charge in [-0.05, 0) is 0 Å². The summed E-state index contributed by atoms with van der Waals surface area (Å²) in [5.41, 5.74) is 0. The number of carbonyl (C=O) groups excluding carboxylic acids is 2. The fourth-order valence-corrected chi connectivity index (χ4v) is 0.886. The van der Waals surface area contributed by atoms with E-state index in [1.807, 2.05) is 0 Å². The number of methoxy groups -OCH3 is 1. The van der Waals surface area contributed by atoms with Crippen molar-refractivity contribution in [2.24, 2.45) is 0 Å². The van der Waals surface area contributed by atoms with Gasteiger partial charge < -0.3 is 15.4 Å². The summed E-state index contributed by atoms with van der Waals surface area (Å²) in [6.45, 7) is 0.288. The van der Waals surface area contributed by atoms with Crippen LogP contribution >= 0.6 is 0 Å². The molecule has 0 radical (unpaired) electrons. The van der Waals surface area contributed by atoms with Crippen LogP contribution in [0.2, 0.25) is 0 Å². The van der Waals surface area contributed by atoms with Crippen molar-refractivity contribution >= 4 is 11.8 Å².